The summed E-state index contributed by atoms with van der Waals surface area (Å²) in [4.78, 5) is 0. The third-order valence-electron chi connectivity index (χ3n) is 2.18. The first-order valence-corrected chi connectivity index (χ1v) is 4.54. The molecular formula is C7H9F2NS. The molecule has 1 atom stereocenters. The van der Waals surface area contributed by atoms with Gasteiger partial charge in [-0.3, -0.25) is 0 Å². The van der Waals surface area contributed by atoms with E-state index in [4.69, 9.17) is 5.26 Å². The molecule has 1 nitrogen and oxygen atoms in total. The van der Waals surface area contributed by atoms with Crippen molar-refractivity contribution in [2.45, 2.75) is 13.3 Å². The number of rotatable bonds is 2. The van der Waals surface area contributed by atoms with Gasteiger partial charge in [0.05, 0.1) is 6.07 Å². The van der Waals surface area contributed by atoms with Gasteiger partial charge in [0.25, 0.3) is 6.43 Å². The molecule has 1 saturated heterocycles. The van der Waals surface area contributed by atoms with E-state index in [0.29, 0.717) is 11.5 Å². The van der Waals surface area contributed by atoms with E-state index in [1.807, 2.05) is 0 Å². The maximum absolute atomic E-state index is 12.3. The molecule has 1 unspecified atom stereocenters. The van der Waals surface area contributed by atoms with Crippen LogP contribution >= 0.6 is 11.8 Å². The molecule has 11 heavy (non-hydrogen) atoms. The summed E-state index contributed by atoms with van der Waals surface area (Å²) >= 11 is 1.62. The topological polar surface area (TPSA) is 23.8 Å². The van der Waals surface area contributed by atoms with Crippen molar-refractivity contribution in [1.29, 1.82) is 5.26 Å². The lowest BCUT2D eigenvalue weighted by Crippen LogP contribution is -2.40. The monoisotopic (exact) mass is 177 g/mol. The minimum Gasteiger partial charge on any atom is -0.209 e. The predicted molar refractivity (Wildman–Crippen MR) is 40.5 cm³/mol. The van der Waals surface area contributed by atoms with Gasteiger partial charge >= 0.3 is 0 Å². The Hall–Kier alpha value is -0.300. The van der Waals surface area contributed by atoms with Crippen LogP contribution in [0.25, 0.3) is 0 Å². The van der Waals surface area contributed by atoms with Gasteiger partial charge in [0.15, 0.2) is 0 Å². The molecule has 0 aliphatic carbocycles. The van der Waals surface area contributed by atoms with Gasteiger partial charge in [0.2, 0.25) is 0 Å². The summed E-state index contributed by atoms with van der Waals surface area (Å²) in [6, 6.07) is 1.72. The highest BCUT2D eigenvalue weighted by Gasteiger charge is 2.46. The zero-order valence-electron chi connectivity index (χ0n) is 6.18. The fraction of sp³-hybridized carbons (Fsp3) is 0.857. The maximum atomic E-state index is 12.3. The number of hydrogen-bond acceptors (Lipinski definition) is 2. The summed E-state index contributed by atoms with van der Waals surface area (Å²) in [5, 5.41) is 8.55. The summed E-state index contributed by atoms with van der Waals surface area (Å²) in [5.41, 5.74) is -1.41. The van der Waals surface area contributed by atoms with Crippen molar-refractivity contribution >= 4 is 11.8 Å². The zero-order chi connectivity index (χ0) is 8.48. The summed E-state index contributed by atoms with van der Waals surface area (Å²) < 4.78 is 24.6. The first-order valence-electron chi connectivity index (χ1n) is 3.38. The van der Waals surface area contributed by atoms with Gasteiger partial charge in [0, 0.05) is 5.92 Å². The van der Waals surface area contributed by atoms with Gasteiger partial charge in [0.1, 0.15) is 5.41 Å². The molecule has 0 saturated carbocycles. The average molecular weight is 177 g/mol. The summed E-state index contributed by atoms with van der Waals surface area (Å²) in [7, 11) is 0. The quantitative estimate of drug-likeness (QED) is 0.645. The van der Waals surface area contributed by atoms with E-state index in [0.717, 1.165) is 0 Å². The highest BCUT2D eigenvalue weighted by molar-refractivity contribution is 8.00. The van der Waals surface area contributed by atoms with Crippen LogP contribution in [0.2, 0.25) is 0 Å². The van der Waals surface area contributed by atoms with E-state index in [1.165, 1.54) is 6.92 Å². The first kappa shape index (κ1) is 8.79. The van der Waals surface area contributed by atoms with Gasteiger partial charge in [-0.05, 0) is 18.4 Å². The van der Waals surface area contributed by atoms with Crippen molar-refractivity contribution in [3.05, 3.63) is 0 Å². The molecule has 1 rings (SSSR count). The normalized spacial score (nSPS) is 23.9. The molecule has 0 amide bonds. The van der Waals surface area contributed by atoms with E-state index < -0.39 is 11.8 Å². The molecule has 1 fully saturated rings. The van der Waals surface area contributed by atoms with Crippen LogP contribution in [0.3, 0.4) is 0 Å². The molecular weight excluding hydrogens is 168 g/mol. The smallest absolute Gasteiger partial charge is 0.209 e. The molecule has 0 N–H and O–H groups in total. The summed E-state index contributed by atoms with van der Waals surface area (Å²) in [6.45, 7) is 1.35. The van der Waals surface area contributed by atoms with Gasteiger partial charge in [-0.2, -0.15) is 17.0 Å². The third-order valence-corrected chi connectivity index (χ3v) is 3.46. The Balaban J connectivity index is 2.67. The van der Waals surface area contributed by atoms with Crippen LogP contribution in [0.15, 0.2) is 0 Å². The lowest BCUT2D eigenvalue weighted by atomic mass is 9.80. The van der Waals surface area contributed by atoms with E-state index in [1.54, 1.807) is 17.8 Å². The summed E-state index contributed by atoms with van der Waals surface area (Å²) in [5.74, 6) is 1.29. The van der Waals surface area contributed by atoms with Crippen molar-refractivity contribution in [3.63, 3.8) is 0 Å². The van der Waals surface area contributed by atoms with E-state index in [2.05, 4.69) is 0 Å². The standard InChI is InChI=1S/C7H9F2NS/c1-7(4-10,6(8)9)5-2-11-3-5/h5-6H,2-3H2,1H3. The van der Waals surface area contributed by atoms with Gasteiger partial charge in [-0.15, -0.1) is 0 Å². The van der Waals surface area contributed by atoms with Gasteiger partial charge in [-0.25, -0.2) is 8.78 Å². The van der Waals surface area contributed by atoms with Crippen LogP contribution < -0.4 is 0 Å². The fourth-order valence-corrected chi connectivity index (χ4v) is 2.06. The Morgan fingerprint density at radius 2 is 2.18 bits per heavy atom. The first-order chi connectivity index (χ1) is 5.11. The fourth-order valence-electron chi connectivity index (χ4n) is 0.900. The van der Waals surface area contributed by atoms with Gasteiger partial charge < -0.3 is 0 Å². The Bertz CT molecular complexity index is 185. The molecule has 0 radical (unpaired) electrons. The van der Waals surface area contributed by atoms with Gasteiger partial charge in [-0.1, -0.05) is 0 Å². The van der Waals surface area contributed by atoms with Crippen LogP contribution in [0, 0.1) is 22.7 Å². The highest BCUT2D eigenvalue weighted by atomic mass is 32.2. The van der Waals surface area contributed by atoms with Crippen molar-refractivity contribution in [1.82, 2.24) is 0 Å². The largest absolute Gasteiger partial charge is 0.257 e. The minimum absolute atomic E-state index is 0.113. The number of nitriles is 1. The van der Waals surface area contributed by atoms with Crippen molar-refractivity contribution in [2.24, 2.45) is 11.3 Å². The number of hydrogen-bond donors (Lipinski definition) is 0. The zero-order valence-corrected chi connectivity index (χ0v) is 7.00. The van der Waals surface area contributed by atoms with Crippen molar-refractivity contribution in [3.8, 4) is 6.07 Å². The number of halogens is 2. The number of thioether (sulfide) groups is 1. The number of alkyl halides is 2. The predicted octanol–water partition coefficient (Wildman–Crippen LogP) is 2.14. The molecule has 1 aliphatic rings. The molecule has 0 aromatic heterocycles. The summed E-state index contributed by atoms with van der Waals surface area (Å²) in [6.07, 6.45) is -2.52. The molecule has 0 aromatic rings. The van der Waals surface area contributed by atoms with Crippen LogP contribution in [0.5, 0.6) is 0 Å². The Labute approximate surface area is 68.8 Å². The second-order valence-corrected chi connectivity index (χ2v) is 4.00. The minimum atomic E-state index is -2.52. The van der Waals surface area contributed by atoms with Crippen LogP contribution in [-0.4, -0.2) is 17.9 Å². The Morgan fingerprint density at radius 3 is 2.27 bits per heavy atom. The van der Waals surface area contributed by atoms with Crippen LogP contribution in [0.1, 0.15) is 6.92 Å². The maximum Gasteiger partial charge on any atom is 0.257 e. The molecule has 62 valence electrons. The third kappa shape index (κ3) is 1.34. The molecule has 1 heterocycles. The molecule has 0 aromatic carbocycles. The Kier molecular flexibility index (Phi) is 2.38. The average Bonchev–Trinajstić information content (AvgIpc) is 1.83. The SMILES string of the molecule is CC(C#N)(C(F)F)C1CSC1. The van der Waals surface area contributed by atoms with Crippen LogP contribution in [0.4, 0.5) is 8.78 Å². The van der Waals surface area contributed by atoms with Crippen molar-refractivity contribution in [2.75, 3.05) is 11.5 Å². The lowest BCUT2D eigenvalue weighted by molar-refractivity contribution is 0.0152. The second kappa shape index (κ2) is 2.98. The second-order valence-electron chi connectivity index (χ2n) is 2.93. The van der Waals surface area contributed by atoms with E-state index >= 15 is 0 Å². The lowest BCUT2D eigenvalue weighted by Gasteiger charge is -2.36. The van der Waals surface area contributed by atoms with E-state index in [9.17, 15) is 8.78 Å². The molecule has 4 heteroatoms. The Morgan fingerprint density at radius 1 is 1.64 bits per heavy atom. The highest BCUT2D eigenvalue weighted by Crippen LogP contribution is 2.43. The van der Waals surface area contributed by atoms with Crippen molar-refractivity contribution < 1.29 is 8.78 Å². The molecule has 1 aliphatic heterocycles. The molecule has 0 bridgehead atoms. The number of nitrogens with zero attached hydrogens (tertiary/aromatic N) is 1. The molecule has 0 spiro atoms. The van der Waals surface area contributed by atoms with Crippen LogP contribution in [-0.2, 0) is 0 Å². The van der Waals surface area contributed by atoms with E-state index in [-0.39, 0.29) is 5.92 Å².